The number of carbonyl (C=O) groups excluding carboxylic acids is 1. The molecule has 1 amide bonds. The zero-order valence-electron chi connectivity index (χ0n) is 18.2. The zero-order valence-corrected chi connectivity index (χ0v) is 18.2. The fourth-order valence-corrected chi connectivity index (χ4v) is 5.16. The van der Waals surface area contributed by atoms with Crippen LogP contribution in [0.15, 0.2) is 48.5 Å². The number of fused-ring (bicyclic) bond motifs is 1. The summed E-state index contributed by atoms with van der Waals surface area (Å²) in [4.78, 5) is 17.7. The Labute approximate surface area is 179 Å². The smallest absolute Gasteiger partial charge is 0.225 e. The average Bonchev–Trinajstić information content (AvgIpc) is 3.30. The number of amides is 1. The van der Waals surface area contributed by atoms with E-state index in [9.17, 15) is 4.79 Å². The van der Waals surface area contributed by atoms with Crippen molar-refractivity contribution in [3.8, 4) is 5.75 Å². The number of likely N-dealkylation sites (tertiary alicyclic amines) is 2. The van der Waals surface area contributed by atoms with Gasteiger partial charge in [0.25, 0.3) is 0 Å². The number of aryl methyl sites for hydroxylation is 1. The fourth-order valence-electron chi connectivity index (χ4n) is 5.16. The summed E-state index contributed by atoms with van der Waals surface area (Å²) in [7, 11) is 3.35. The summed E-state index contributed by atoms with van der Waals surface area (Å²) in [5.74, 6) is 2.08. The molecule has 2 aliphatic heterocycles. The molecule has 2 aliphatic rings. The molecule has 2 aromatic rings. The van der Waals surface area contributed by atoms with E-state index < -0.39 is 0 Å². The summed E-state index contributed by atoms with van der Waals surface area (Å²) in [6.45, 7) is 6.47. The molecule has 2 saturated heterocycles. The third-order valence-electron chi connectivity index (χ3n) is 6.65. The van der Waals surface area contributed by atoms with E-state index >= 15 is 0 Å². The second kappa shape index (κ2) is 9.19. The molecule has 5 heteroatoms. The molecule has 0 spiro atoms. The third kappa shape index (κ3) is 4.23. The van der Waals surface area contributed by atoms with E-state index in [1.807, 2.05) is 12.1 Å². The number of nitrogens with zero attached hydrogens (tertiary/aromatic N) is 2. The molecule has 0 aromatic heterocycles. The van der Waals surface area contributed by atoms with Gasteiger partial charge >= 0.3 is 0 Å². The van der Waals surface area contributed by atoms with Crippen molar-refractivity contribution in [1.29, 1.82) is 0 Å². The van der Waals surface area contributed by atoms with Gasteiger partial charge in [-0.05, 0) is 41.7 Å². The van der Waals surface area contributed by atoms with Crippen molar-refractivity contribution in [3.63, 3.8) is 0 Å². The predicted octanol–water partition coefficient (Wildman–Crippen LogP) is 3.67. The van der Waals surface area contributed by atoms with Gasteiger partial charge in [0.2, 0.25) is 5.91 Å². The van der Waals surface area contributed by atoms with E-state index in [1.165, 1.54) is 16.7 Å². The summed E-state index contributed by atoms with van der Waals surface area (Å²) in [6.07, 6.45) is 0.452. The maximum Gasteiger partial charge on any atom is 0.225 e. The van der Waals surface area contributed by atoms with E-state index in [2.05, 4.69) is 53.1 Å². The monoisotopic (exact) mass is 408 g/mol. The highest BCUT2D eigenvalue weighted by molar-refractivity contribution is 5.77. The van der Waals surface area contributed by atoms with E-state index in [1.54, 1.807) is 14.2 Å². The molecule has 0 bridgehead atoms. The van der Waals surface area contributed by atoms with Crippen LogP contribution in [0, 0.1) is 18.8 Å². The molecule has 160 valence electrons. The molecule has 0 radical (unpaired) electrons. The molecular weight excluding hydrogens is 376 g/mol. The van der Waals surface area contributed by atoms with Crippen LogP contribution < -0.4 is 4.74 Å². The number of ether oxygens (including phenoxy) is 2. The number of methoxy groups -OCH3 is 2. The van der Waals surface area contributed by atoms with Gasteiger partial charge in [-0.25, -0.2) is 0 Å². The van der Waals surface area contributed by atoms with Crippen molar-refractivity contribution in [2.45, 2.75) is 25.9 Å². The normalized spacial score (nSPS) is 23.6. The Morgan fingerprint density at radius 1 is 1.03 bits per heavy atom. The Kier molecular flexibility index (Phi) is 6.40. The second-order valence-electron chi connectivity index (χ2n) is 8.56. The first-order valence-electron chi connectivity index (χ1n) is 10.8. The van der Waals surface area contributed by atoms with Crippen LogP contribution in [0.4, 0.5) is 0 Å². The molecule has 0 N–H and O–H groups in total. The SMILES string of the molecule is COCCC(=O)N1C[C@@H]2CN(Cc3ccc(OC)cc3)C[C@@H]2[C@H]1c1ccccc1C. The van der Waals surface area contributed by atoms with Crippen molar-refractivity contribution in [2.24, 2.45) is 11.8 Å². The minimum Gasteiger partial charge on any atom is -0.497 e. The molecule has 2 aromatic carbocycles. The van der Waals surface area contributed by atoms with Gasteiger partial charge in [0.15, 0.2) is 0 Å². The quantitative estimate of drug-likeness (QED) is 0.701. The Balaban J connectivity index is 1.52. The molecule has 0 unspecified atom stereocenters. The van der Waals surface area contributed by atoms with Gasteiger partial charge in [-0.15, -0.1) is 0 Å². The van der Waals surface area contributed by atoms with Crippen molar-refractivity contribution < 1.29 is 14.3 Å². The van der Waals surface area contributed by atoms with Crippen LogP contribution in [0.25, 0.3) is 0 Å². The molecule has 3 atom stereocenters. The van der Waals surface area contributed by atoms with Gasteiger partial charge in [-0.3, -0.25) is 9.69 Å². The van der Waals surface area contributed by atoms with Gasteiger partial charge in [-0.2, -0.15) is 0 Å². The lowest BCUT2D eigenvalue weighted by Gasteiger charge is -2.31. The summed E-state index contributed by atoms with van der Waals surface area (Å²) in [6, 6.07) is 17.0. The topological polar surface area (TPSA) is 42.0 Å². The van der Waals surface area contributed by atoms with Crippen LogP contribution in [-0.2, 0) is 16.1 Å². The minimum atomic E-state index is 0.154. The Morgan fingerprint density at radius 3 is 2.50 bits per heavy atom. The lowest BCUT2D eigenvalue weighted by molar-refractivity contribution is -0.133. The summed E-state index contributed by atoms with van der Waals surface area (Å²) < 4.78 is 10.4. The van der Waals surface area contributed by atoms with Crippen LogP contribution in [0.3, 0.4) is 0 Å². The Morgan fingerprint density at radius 2 is 1.80 bits per heavy atom. The molecule has 30 heavy (non-hydrogen) atoms. The van der Waals surface area contributed by atoms with Gasteiger partial charge in [0, 0.05) is 39.2 Å². The summed E-state index contributed by atoms with van der Waals surface area (Å²) >= 11 is 0. The molecule has 0 aliphatic carbocycles. The molecule has 2 fully saturated rings. The summed E-state index contributed by atoms with van der Waals surface area (Å²) in [5.41, 5.74) is 3.86. The van der Waals surface area contributed by atoms with Crippen LogP contribution in [-0.4, -0.2) is 56.2 Å². The van der Waals surface area contributed by atoms with Crippen molar-refractivity contribution in [3.05, 3.63) is 65.2 Å². The van der Waals surface area contributed by atoms with Crippen molar-refractivity contribution in [2.75, 3.05) is 40.5 Å². The lowest BCUT2D eigenvalue weighted by Crippen LogP contribution is -2.36. The number of hydrogen-bond donors (Lipinski definition) is 0. The first-order valence-corrected chi connectivity index (χ1v) is 10.8. The van der Waals surface area contributed by atoms with E-state index in [4.69, 9.17) is 9.47 Å². The largest absolute Gasteiger partial charge is 0.497 e. The van der Waals surface area contributed by atoms with Crippen LogP contribution in [0.1, 0.15) is 29.2 Å². The first kappa shape index (κ1) is 20.9. The minimum absolute atomic E-state index is 0.154. The predicted molar refractivity (Wildman–Crippen MR) is 117 cm³/mol. The molecular formula is C25H32N2O3. The number of benzene rings is 2. The molecule has 5 nitrogen and oxygen atoms in total. The highest BCUT2D eigenvalue weighted by atomic mass is 16.5. The first-order chi connectivity index (χ1) is 14.6. The van der Waals surface area contributed by atoms with Crippen molar-refractivity contribution in [1.82, 2.24) is 9.80 Å². The lowest BCUT2D eigenvalue weighted by atomic mass is 9.87. The van der Waals surface area contributed by atoms with Gasteiger partial charge < -0.3 is 14.4 Å². The zero-order chi connectivity index (χ0) is 21.1. The van der Waals surface area contributed by atoms with Gasteiger partial charge in [0.05, 0.1) is 26.2 Å². The summed E-state index contributed by atoms with van der Waals surface area (Å²) in [5, 5.41) is 0. The number of rotatable bonds is 7. The number of hydrogen-bond acceptors (Lipinski definition) is 4. The fraction of sp³-hybridized carbons (Fsp3) is 0.480. The molecule has 0 saturated carbocycles. The average molecular weight is 409 g/mol. The Hall–Kier alpha value is -2.37. The van der Waals surface area contributed by atoms with Gasteiger partial charge in [-0.1, -0.05) is 36.4 Å². The standard InChI is InChI=1S/C25H32N2O3/c1-18-6-4-5-7-22(18)25-23-17-26(14-19-8-10-21(30-3)11-9-19)15-20(23)16-27(25)24(28)12-13-29-2/h4-11,20,23,25H,12-17H2,1-3H3/t20-,23-,25+/m0/s1. The van der Waals surface area contributed by atoms with Crippen LogP contribution >= 0.6 is 0 Å². The highest BCUT2D eigenvalue weighted by Crippen LogP contribution is 2.46. The second-order valence-corrected chi connectivity index (χ2v) is 8.56. The van der Waals surface area contributed by atoms with E-state index in [-0.39, 0.29) is 11.9 Å². The Bertz CT molecular complexity index is 867. The maximum atomic E-state index is 13.0. The van der Waals surface area contributed by atoms with E-state index in [0.717, 1.165) is 31.9 Å². The van der Waals surface area contributed by atoms with E-state index in [0.29, 0.717) is 24.9 Å². The third-order valence-corrected chi connectivity index (χ3v) is 6.65. The van der Waals surface area contributed by atoms with Gasteiger partial charge in [0.1, 0.15) is 5.75 Å². The number of carbonyl (C=O) groups is 1. The van der Waals surface area contributed by atoms with Crippen molar-refractivity contribution >= 4 is 5.91 Å². The molecule has 4 rings (SSSR count). The van der Waals surface area contributed by atoms with Crippen LogP contribution in [0.5, 0.6) is 5.75 Å². The maximum absolute atomic E-state index is 13.0. The molecule has 2 heterocycles. The highest BCUT2D eigenvalue weighted by Gasteiger charge is 2.49. The van der Waals surface area contributed by atoms with Crippen LogP contribution in [0.2, 0.25) is 0 Å².